The molecule has 0 spiro atoms. The monoisotopic (exact) mass is 279 g/mol. The van der Waals surface area contributed by atoms with E-state index in [-0.39, 0.29) is 11.9 Å². The van der Waals surface area contributed by atoms with Crippen molar-refractivity contribution < 1.29 is 4.79 Å². The van der Waals surface area contributed by atoms with Crippen molar-refractivity contribution in [2.24, 2.45) is 0 Å². The maximum atomic E-state index is 12.1. The van der Waals surface area contributed by atoms with E-state index in [4.69, 9.17) is 5.26 Å². The zero-order valence-electron chi connectivity index (χ0n) is 12.1. The molecular formula is C17H17N3O. The largest absolute Gasteiger partial charge is 0.374 e. The second-order valence-corrected chi connectivity index (χ2v) is 4.91. The number of aryl methyl sites for hydroxylation is 1. The van der Waals surface area contributed by atoms with Crippen LogP contribution in [0.15, 0.2) is 48.5 Å². The van der Waals surface area contributed by atoms with E-state index in [1.165, 1.54) is 5.56 Å². The second kappa shape index (κ2) is 6.58. The molecule has 1 atom stereocenters. The summed E-state index contributed by atoms with van der Waals surface area (Å²) < 4.78 is 0. The first kappa shape index (κ1) is 14.6. The van der Waals surface area contributed by atoms with Gasteiger partial charge in [0.05, 0.1) is 11.6 Å². The Labute approximate surface area is 124 Å². The van der Waals surface area contributed by atoms with Crippen LogP contribution in [0.25, 0.3) is 0 Å². The predicted molar refractivity (Wildman–Crippen MR) is 84.1 cm³/mol. The summed E-state index contributed by atoms with van der Waals surface area (Å²) in [5, 5.41) is 14.8. The van der Waals surface area contributed by atoms with Crippen LogP contribution < -0.4 is 10.6 Å². The number of nitrogens with one attached hydrogen (secondary N) is 2. The normalized spacial score (nSPS) is 11.3. The van der Waals surface area contributed by atoms with Gasteiger partial charge in [-0.3, -0.25) is 4.79 Å². The molecular weight excluding hydrogens is 262 g/mol. The number of anilines is 2. The highest BCUT2D eigenvalue weighted by Crippen LogP contribution is 2.13. The summed E-state index contributed by atoms with van der Waals surface area (Å²) in [4.78, 5) is 12.1. The van der Waals surface area contributed by atoms with E-state index >= 15 is 0 Å². The molecule has 0 radical (unpaired) electrons. The fraction of sp³-hybridized carbons (Fsp3) is 0.176. The lowest BCUT2D eigenvalue weighted by Crippen LogP contribution is -2.31. The molecule has 0 bridgehead atoms. The van der Waals surface area contributed by atoms with Crippen LogP contribution in [-0.2, 0) is 4.79 Å². The number of carbonyl (C=O) groups excluding carboxylic acids is 1. The van der Waals surface area contributed by atoms with Gasteiger partial charge in [0.2, 0.25) is 5.91 Å². The molecule has 0 aromatic heterocycles. The molecule has 0 saturated carbocycles. The lowest BCUT2D eigenvalue weighted by molar-refractivity contribution is -0.116. The minimum atomic E-state index is -0.376. The van der Waals surface area contributed by atoms with Crippen LogP contribution in [0.3, 0.4) is 0 Å². The highest BCUT2D eigenvalue weighted by atomic mass is 16.2. The van der Waals surface area contributed by atoms with Gasteiger partial charge in [-0.05, 0) is 44.2 Å². The van der Waals surface area contributed by atoms with Crippen molar-refractivity contribution >= 4 is 17.3 Å². The van der Waals surface area contributed by atoms with Crippen molar-refractivity contribution in [2.75, 3.05) is 10.6 Å². The number of hydrogen-bond donors (Lipinski definition) is 2. The van der Waals surface area contributed by atoms with E-state index in [2.05, 4.69) is 10.6 Å². The van der Waals surface area contributed by atoms with E-state index in [1.807, 2.05) is 37.3 Å². The Morgan fingerprint density at radius 1 is 1.14 bits per heavy atom. The van der Waals surface area contributed by atoms with Gasteiger partial charge < -0.3 is 10.6 Å². The maximum absolute atomic E-state index is 12.1. The molecule has 1 amide bonds. The molecule has 0 aliphatic rings. The highest BCUT2D eigenvalue weighted by molar-refractivity contribution is 5.96. The van der Waals surface area contributed by atoms with Crippen molar-refractivity contribution in [3.05, 3.63) is 59.7 Å². The SMILES string of the molecule is Cc1ccc(NC(C)C(=O)Nc2cccc(C#N)c2)cc1. The molecule has 106 valence electrons. The van der Waals surface area contributed by atoms with Gasteiger partial charge in [-0.15, -0.1) is 0 Å². The standard InChI is InChI=1S/C17H17N3O/c1-12-6-8-15(9-7-12)19-13(2)17(21)20-16-5-3-4-14(10-16)11-18/h3-10,13,19H,1-2H3,(H,20,21). The lowest BCUT2D eigenvalue weighted by Gasteiger charge is -2.15. The van der Waals surface area contributed by atoms with E-state index < -0.39 is 0 Å². The van der Waals surface area contributed by atoms with Crippen LogP contribution in [0.1, 0.15) is 18.1 Å². The molecule has 2 N–H and O–H groups in total. The summed E-state index contributed by atoms with van der Waals surface area (Å²) in [5.74, 6) is -0.148. The van der Waals surface area contributed by atoms with E-state index in [9.17, 15) is 4.79 Å². The fourth-order valence-corrected chi connectivity index (χ4v) is 1.88. The molecule has 0 aliphatic carbocycles. The maximum Gasteiger partial charge on any atom is 0.246 e. The average Bonchev–Trinajstić information content (AvgIpc) is 2.49. The Kier molecular flexibility index (Phi) is 4.57. The van der Waals surface area contributed by atoms with Gasteiger partial charge in [0.1, 0.15) is 6.04 Å². The van der Waals surface area contributed by atoms with E-state index in [0.717, 1.165) is 5.69 Å². The number of amides is 1. The number of carbonyl (C=O) groups is 1. The molecule has 0 saturated heterocycles. The third-order valence-corrected chi connectivity index (χ3v) is 3.09. The lowest BCUT2D eigenvalue weighted by atomic mass is 10.2. The van der Waals surface area contributed by atoms with Gasteiger partial charge in [-0.25, -0.2) is 0 Å². The molecule has 2 aromatic carbocycles. The summed E-state index contributed by atoms with van der Waals surface area (Å²) >= 11 is 0. The number of rotatable bonds is 4. The minimum absolute atomic E-state index is 0.148. The molecule has 21 heavy (non-hydrogen) atoms. The van der Waals surface area contributed by atoms with Crippen LogP contribution in [0.5, 0.6) is 0 Å². The Bertz CT molecular complexity index is 671. The van der Waals surface area contributed by atoms with Crippen LogP contribution in [-0.4, -0.2) is 11.9 Å². The summed E-state index contributed by atoms with van der Waals surface area (Å²) in [6.45, 7) is 3.81. The van der Waals surface area contributed by atoms with Gasteiger partial charge in [0.15, 0.2) is 0 Å². The second-order valence-electron chi connectivity index (χ2n) is 4.91. The summed E-state index contributed by atoms with van der Waals surface area (Å²) in [5.41, 5.74) is 3.21. The van der Waals surface area contributed by atoms with Gasteiger partial charge in [-0.2, -0.15) is 5.26 Å². The number of hydrogen-bond acceptors (Lipinski definition) is 3. The number of nitrogens with zero attached hydrogens (tertiary/aromatic N) is 1. The van der Waals surface area contributed by atoms with Gasteiger partial charge in [-0.1, -0.05) is 23.8 Å². The first-order valence-corrected chi connectivity index (χ1v) is 6.73. The topological polar surface area (TPSA) is 64.9 Å². The third-order valence-electron chi connectivity index (χ3n) is 3.09. The van der Waals surface area contributed by atoms with E-state index in [0.29, 0.717) is 11.3 Å². The van der Waals surface area contributed by atoms with Gasteiger partial charge in [0.25, 0.3) is 0 Å². The molecule has 4 heteroatoms. The number of benzene rings is 2. The van der Waals surface area contributed by atoms with Crippen LogP contribution in [0.2, 0.25) is 0 Å². The zero-order valence-corrected chi connectivity index (χ0v) is 12.1. The van der Waals surface area contributed by atoms with Crippen LogP contribution in [0, 0.1) is 18.3 Å². The predicted octanol–water partition coefficient (Wildman–Crippen LogP) is 3.31. The Morgan fingerprint density at radius 3 is 2.52 bits per heavy atom. The van der Waals surface area contributed by atoms with Crippen LogP contribution in [0.4, 0.5) is 11.4 Å². The number of nitriles is 1. The molecule has 2 aromatic rings. The minimum Gasteiger partial charge on any atom is -0.374 e. The van der Waals surface area contributed by atoms with Crippen molar-refractivity contribution in [3.8, 4) is 6.07 Å². The third kappa shape index (κ3) is 4.08. The zero-order chi connectivity index (χ0) is 15.2. The first-order chi connectivity index (χ1) is 10.1. The van der Waals surface area contributed by atoms with E-state index in [1.54, 1.807) is 31.2 Å². The van der Waals surface area contributed by atoms with Gasteiger partial charge in [0, 0.05) is 11.4 Å². The van der Waals surface area contributed by atoms with Crippen molar-refractivity contribution in [1.29, 1.82) is 5.26 Å². The molecule has 2 rings (SSSR count). The fourth-order valence-electron chi connectivity index (χ4n) is 1.88. The quantitative estimate of drug-likeness (QED) is 0.902. The first-order valence-electron chi connectivity index (χ1n) is 6.73. The van der Waals surface area contributed by atoms with Gasteiger partial charge >= 0.3 is 0 Å². The average molecular weight is 279 g/mol. The highest BCUT2D eigenvalue weighted by Gasteiger charge is 2.12. The summed E-state index contributed by atoms with van der Waals surface area (Å²) in [6.07, 6.45) is 0. The van der Waals surface area contributed by atoms with Crippen molar-refractivity contribution in [3.63, 3.8) is 0 Å². The smallest absolute Gasteiger partial charge is 0.246 e. The summed E-state index contributed by atoms with van der Waals surface area (Å²) in [6, 6.07) is 16.4. The Balaban J connectivity index is 1.99. The molecule has 0 fully saturated rings. The van der Waals surface area contributed by atoms with Crippen molar-refractivity contribution in [2.45, 2.75) is 19.9 Å². The van der Waals surface area contributed by atoms with Crippen molar-refractivity contribution in [1.82, 2.24) is 0 Å². The molecule has 0 heterocycles. The van der Waals surface area contributed by atoms with Crippen LogP contribution >= 0.6 is 0 Å². The molecule has 0 aliphatic heterocycles. The Morgan fingerprint density at radius 2 is 1.86 bits per heavy atom. The summed E-state index contributed by atoms with van der Waals surface area (Å²) in [7, 11) is 0. The Hall–Kier alpha value is -2.80. The molecule has 1 unspecified atom stereocenters. The molecule has 4 nitrogen and oxygen atoms in total.